The Morgan fingerprint density at radius 1 is 1.02 bits per heavy atom. The van der Waals surface area contributed by atoms with Crippen molar-refractivity contribution in [2.45, 2.75) is 49.6 Å². The van der Waals surface area contributed by atoms with Crippen molar-refractivity contribution in [3.05, 3.63) is 53.4 Å². The molecule has 9 nitrogen and oxygen atoms in total. The van der Waals surface area contributed by atoms with Gasteiger partial charge in [-0.2, -0.15) is 9.97 Å². The zero-order chi connectivity index (χ0) is 29.2. The smallest absolute Gasteiger partial charge is 0.319 e. The molecule has 0 aliphatic carbocycles. The van der Waals surface area contributed by atoms with E-state index in [0.717, 1.165) is 62.4 Å². The van der Waals surface area contributed by atoms with Crippen molar-refractivity contribution in [3.8, 4) is 17.3 Å². The summed E-state index contributed by atoms with van der Waals surface area (Å²) >= 11 is 6.61. The van der Waals surface area contributed by atoms with E-state index in [4.69, 9.17) is 21.3 Å². The van der Waals surface area contributed by atoms with Gasteiger partial charge in [0.2, 0.25) is 0 Å². The summed E-state index contributed by atoms with van der Waals surface area (Å²) in [5.74, 6) is 0.0313. The Balaban J connectivity index is 1.25. The minimum atomic E-state index is -0.539. The summed E-state index contributed by atoms with van der Waals surface area (Å²) in [6, 6.07) is 11.3. The maximum Gasteiger partial charge on any atom is 0.319 e. The van der Waals surface area contributed by atoms with Crippen LogP contribution in [-0.2, 0) is 0 Å². The number of benzene rings is 2. The largest absolute Gasteiger partial charge is 0.461 e. The third-order valence-electron chi connectivity index (χ3n) is 9.88. The molecule has 1 atom stereocenters. The second-order valence-electron chi connectivity index (χ2n) is 12.5. The standard InChI is InChI=1S/C32H33ClFN7O2/c33-23-9-2-7-20-6-1-8-21(24(20)23)26-25(34)27-22(16-35-26)28(40-13-3-10-31(18-40)17-36-29(42)39-31)38-30(37-27)43-19-32-11-4-14-41(32)15-5-12-32/h1-2,6-9,16H,3-5,10-15,17-19H2,(H2,36,39,42). The van der Waals surface area contributed by atoms with Crippen LogP contribution < -0.4 is 20.3 Å². The van der Waals surface area contributed by atoms with E-state index in [2.05, 4.69) is 30.4 Å². The molecular formula is C32H33ClFN7O2. The molecule has 4 aliphatic heterocycles. The number of piperidine rings is 1. The lowest BCUT2D eigenvalue weighted by molar-refractivity contribution is 0.108. The molecule has 222 valence electrons. The highest BCUT2D eigenvalue weighted by Crippen LogP contribution is 2.41. The van der Waals surface area contributed by atoms with Gasteiger partial charge in [-0.15, -0.1) is 0 Å². The number of nitrogens with zero attached hydrogens (tertiary/aromatic N) is 5. The summed E-state index contributed by atoms with van der Waals surface area (Å²) in [6.07, 6.45) is 7.83. The molecule has 2 amide bonds. The number of urea groups is 1. The van der Waals surface area contributed by atoms with Crippen molar-refractivity contribution < 1.29 is 13.9 Å². The lowest BCUT2D eigenvalue weighted by atomic mass is 9.90. The summed E-state index contributed by atoms with van der Waals surface area (Å²) in [5.41, 5.74) is 0.532. The zero-order valence-electron chi connectivity index (χ0n) is 23.8. The lowest BCUT2D eigenvalue weighted by Gasteiger charge is -2.40. The van der Waals surface area contributed by atoms with Gasteiger partial charge in [0.05, 0.1) is 16.5 Å². The van der Waals surface area contributed by atoms with E-state index >= 15 is 4.39 Å². The fourth-order valence-electron chi connectivity index (χ4n) is 7.81. The Morgan fingerprint density at radius 3 is 2.60 bits per heavy atom. The number of rotatable bonds is 5. The van der Waals surface area contributed by atoms with Crippen LogP contribution in [0.25, 0.3) is 32.9 Å². The average molecular weight is 602 g/mol. The third-order valence-corrected chi connectivity index (χ3v) is 10.2. The number of ether oxygens (including phenoxy) is 1. The van der Waals surface area contributed by atoms with Gasteiger partial charge in [0.25, 0.3) is 0 Å². The Labute approximate surface area is 253 Å². The first-order valence-electron chi connectivity index (χ1n) is 15.2. The van der Waals surface area contributed by atoms with Gasteiger partial charge in [0.15, 0.2) is 5.82 Å². The first kappa shape index (κ1) is 26.8. The summed E-state index contributed by atoms with van der Waals surface area (Å²) in [4.78, 5) is 30.9. The number of carbonyl (C=O) groups is 1. The fraction of sp³-hybridized carbons (Fsp3) is 0.438. The maximum absolute atomic E-state index is 16.7. The molecule has 4 aromatic rings. The highest BCUT2D eigenvalue weighted by molar-refractivity contribution is 6.36. The van der Waals surface area contributed by atoms with Crippen LogP contribution in [0.4, 0.5) is 15.0 Å². The third kappa shape index (κ3) is 4.45. The Bertz CT molecular complexity index is 1750. The molecular weight excluding hydrogens is 569 g/mol. The summed E-state index contributed by atoms with van der Waals surface area (Å²) < 4.78 is 23.1. The van der Waals surface area contributed by atoms with Crippen LogP contribution >= 0.6 is 11.6 Å². The van der Waals surface area contributed by atoms with Gasteiger partial charge < -0.3 is 20.3 Å². The number of anilines is 1. The monoisotopic (exact) mass is 601 g/mol. The van der Waals surface area contributed by atoms with E-state index in [0.29, 0.717) is 48.0 Å². The molecule has 2 aromatic carbocycles. The van der Waals surface area contributed by atoms with Crippen molar-refractivity contribution in [2.75, 3.05) is 44.2 Å². The number of carbonyl (C=O) groups excluding carboxylic acids is 1. The van der Waals surface area contributed by atoms with Crippen molar-refractivity contribution in [1.29, 1.82) is 0 Å². The van der Waals surface area contributed by atoms with Gasteiger partial charge in [0, 0.05) is 41.8 Å². The van der Waals surface area contributed by atoms with Crippen LogP contribution in [0, 0.1) is 5.82 Å². The topological polar surface area (TPSA) is 95.5 Å². The molecule has 1 spiro atoms. The van der Waals surface area contributed by atoms with Gasteiger partial charge in [-0.25, -0.2) is 9.18 Å². The average Bonchev–Trinajstić information content (AvgIpc) is 3.70. The van der Waals surface area contributed by atoms with Gasteiger partial charge >= 0.3 is 12.0 Å². The minimum Gasteiger partial charge on any atom is -0.461 e. The molecule has 1 unspecified atom stereocenters. The van der Waals surface area contributed by atoms with Crippen LogP contribution in [0.1, 0.15) is 38.5 Å². The quantitative estimate of drug-likeness (QED) is 0.321. The van der Waals surface area contributed by atoms with Crippen molar-refractivity contribution in [3.63, 3.8) is 0 Å². The summed E-state index contributed by atoms with van der Waals surface area (Å²) in [5, 5.41) is 8.70. The highest BCUT2D eigenvalue weighted by atomic mass is 35.5. The van der Waals surface area contributed by atoms with Gasteiger partial charge in [0.1, 0.15) is 23.6 Å². The minimum absolute atomic E-state index is 0.00485. The number of hydrogen-bond donors (Lipinski definition) is 2. The van der Waals surface area contributed by atoms with Crippen LogP contribution in [0.3, 0.4) is 0 Å². The molecule has 4 aliphatic rings. The molecule has 2 N–H and O–H groups in total. The van der Waals surface area contributed by atoms with E-state index in [9.17, 15) is 4.79 Å². The number of pyridine rings is 1. The first-order chi connectivity index (χ1) is 20.9. The number of nitrogens with one attached hydrogen (secondary N) is 2. The summed E-state index contributed by atoms with van der Waals surface area (Å²) in [7, 11) is 0. The molecule has 43 heavy (non-hydrogen) atoms. The van der Waals surface area contributed by atoms with E-state index < -0.39 is 11.4 Å². The number of amides is 2. The van der Waals surface area contributed by atoms with E-state index in [-0.39, 0.29) is 28.8 Å². The van der Waals surface area contributed by atoms with E-state index in [1.54, 1.807) is 12.3 Å². The number of aromatic nitrogens is 3. The van der Waals surface area contributed by atoms with Crippen molar-refractivity contribution >= 4 is 45.1 Å². The molecule has 2 aromatic heterocycles. The first-order valence-corrected chi connectivity index (χ1v) is 15.5. The Morgan fingerprint density at radius 2 is 1.81 bits per heavy atom. The number of halogens is 2. The molecule has 6 heterocycles. The molecule has 0 saturated carbocycles. The molecule has 4 fully saturated rings. The maximum atomic E-state index is 16.7. The molecule has 11 heteroatoms. The molecule has 8 rings (SSSR count). The predicted octanol–water partition coefficient (Wildman–Crippen LogP) is 5.30. The highest BCUT2D eigenvalue weighted by Gasteiger charge is 2.45. The van der Waals surface area contributed by atoms with Crippen LogP contribution in [0.15, 0.2) is 42.6 Å². The summed E-state index contributed by atoms with van der Waals surface area (Å²) in [6.45, 7) is 4.42. The van der Waals surface area contributed by atoms with Gasteiger partial charge in [-0.1, -0.05) is 41.9 Å². The molecule has 0 bridgehead atoms. The van der Waals surface area contributed by atoms with Crippen molar-refractivity contribution in [2.24, 2.45) is 0 Å². The zero-order valence-corrected chi connectivity index (χ0v) is 24.6. The predicted molar refractivity (Wildman–Crippen MR) is 164 cm³/mol. The Kier molecular flexibility index (Phi) is 6.34. The second kappa shape index (κ2) is 10.2. The van der Waals surface area contributed by atoms with Crippen LogP contribution in [0.5, 0.6) is 6.01 Å². The van der Waals surface area contributed by atoms with Crippen LogP contribution in [0.2, 0.25) is 5.02 Å². The van der Waals surface area contributed by atoms with Crippen molar-refractivity contribution in [1.82, 2.24) is 30.5 Å². The molecule has 4 saturated heterocycles. The number of hydrogen-bond acceptors (Lipinski definition) is 7. The van der Waals surface area contributed by atoms with E-state index in [1.165, 1.54) is 0 Å². The normalized spacial score (nSPS) is 23.2. The lowest BCUT2D eigenvalue weighted by Crippen LogP contribution is -2.56. The molecule has 0 radical (unpaired) electrons. The van der Waals surface area contributed by atoms with Gasteiger partial charge in [-0.3, -0.25) is 9.88 Å². The Hall–Kier alpha value is -3.76. The number of fused-ring (bicyclic) bond motifs is 3. The van der Waals surface area contributed by atoms with Gasteiger partial charge in [-0.05, 0) is 63.1 Å². The van der Waals surface area contributed by atoms with Crippen LogP contribution in [-0.4, -0.2) is 76.3 Å². The second-order valence-corrected chi connectivity index (χ2v) is 12.9. The SMILES string of the molecule is O=C1NCC2(CCCN(c3nc(OCC45CCCN4CCC5)nc4c(F)c(-c5cccc6cccc(Cl)c56)ncc34)C2)N1. The van der Waals surface area contributed by atoms with E-state index in [1.807, 2.05) is 30.3 Å². The fourth-order valence-corrected chi connectivity index (χ4v) is 8.09.